The molecule has 1 N–H and O–H groups in total. The van der Waals surface area contributed by atoms with Crippen molar-refractivity contribution in [1.29, 1.82) is 0 Å². The SMILES string of the molecule is CCOc1cc2c(cc1C1CC1C(=O)N(C)C1CC3CCC(C1)N3)OC(C)C2. The summed E-state index contributed by atoms with van der Waals surface area (Å²) in [5, 5.41) is 3.67. The Morgan fingerprint density at radius 1 is 1.25 bits per heavy atom. The molecule has 3 aliphatic heterocycles. The van der Waals surface area contributed by atoms with Crippen LogP contribution in [-0.2, 0) is 11.2 Å². The van der Waals surface area contributed by atoms with E-state index in [1.54, 1.807) is 0 Å². The molecule has 1 amide bonds. The molecule has 0 radical (unpaired) electrons. The zero-order valence-electron chi connectivity index (χ0n) is 17.2. The molecule has 4 aliphatic rings. The summed E-state index contributed by atoms with van der Waals surface area (Å²) in [4.78, 5) is 15.3. The van der Waals surface area contributed by atoms with Crippen LogP contribution in [0.2, 0.25) is 0 Å². The second-order valence-electron chi connectivity index (χ2n) is 9.22. The van der Waals surface area contributed by atoms with E-state index in [9.17, 15) is 4.79 Å². The van der Waals surface area contributed by atoms with Gasteiger partial charge in [-0.05, 0) is 58.1 Å². The van der Waals surface area contributed by atoms with Crippen molar-refractivity contribution in [1.82, 2.24) is 10.2 Å². The molecule has 28 heavy (non-hydrogen) atoms. The molecule has 152 valence electrons. The van der Waals surface area contributed by atoms with Crippen LogP contribution in [0.25, 0.3) is 0 Å². The summed E-state index contributed by atoms with van der Waals surface area (Å²) >= 11 is 0. The average molecular weight is 385 g/mol. The molecule has 0 spiro atoms. The first-order valence-electron chi connectivity index (χ1n) is 11.0. The molecule has 2 saturated heterocycles. The predicted molar refractivity (Wildman–Crippen MR) is 108 cm³/mol. The predicted octanol–water partition coefficient (Wildman–Crippen LogP) is 3.25. The van der Waals surface area contributed by atoms with Crippen molar-refractivity contribution in [3.8, 4) is 11.5 Å². The number of fused-ring (bicyclic) bond motifs is 3. The quantitative estimate of drug-likeness (QED) is 0.847. The molecule has 3 heterocycles. The van der Waals surface area contributed by atoms with Gasteiger partial charge in [-0.25, -0.2) is 0 Å². The Bertz CT molecular complexity index is 767. The lowest BCUT2D eigenvalue weighted by molar-refractivity contribution is -0.134. The van der Waals surface area contributed by atoms with Crippen molar-refractivity contribution in [2.75, 3.05) is 13.7 Å². The van der Waals surface area contributed by atoms with Gasteiger partial charge in [0.05, 0.1) is 6.61 Å². The molecule has 5 atom stereocenters. The zero-order chi connectivity index (χ0) is 19.4. The second kappa shape index (κ2) is 6.94. The van der Waals surface area contributed by atoms with Crippen molar-refractivity contribution < 1.29 is 14.3 Å². The molecule has 2 bridgehead atoms. The van der Waals surface area contributed by atoms with E-state index < -0.39 is 0 Å². The minimum Gasteiger partial charge on any atom is -0.494 e. The molecule has 5 heteroatoms. The topological polar surface area (TPSA) is 50.8 Å². The number of hydrogen-bond donors (Lipinski definition) is 1. The molecule has 1 aromatic rings. The molecule has 0 aromatic heterocycles. The van der Waals surface area contributed by atoms with Crippen LogP contribution in [0.15, 0.2) is 12.1 Å². The molecular formula is C23H32N2O3. The highest BCUT2D eigenvalue weighted by atomic mass is 16.5. The first-order valence-corrected chi connectivity index (χ1v) is 11.0. The Balaban J connectivity index is 1.31. The lowest BCUT2D eigenvalue weighted by Crippen LogP contribution is -2.49. The summed E-state index contributed by atoms with van der Waals surface area (Å²) in [6.07, 6.45) is 6.81. The van der Waals surface area contributed by atoms with Crippen LogP contribution >= 0.6 is 0 Å². The number of nitrogens with one attached hydrogen (secondary N) is 1. The van der Waals surface area contributed by atoms with E-state index in [1.165, 1.54) is 18.4 Å². The molecule has 5 nitrogen and oxygen atoms in total. The third kappa shape index (κ3) is 3.18. The fraction of sp³-hybridized carbons (Fsp3) is 0.696. The van der Waals surface area contributed by atoms with E-state index >= 15 is 0 Å². The largest absolute Gasteiger partial charge is 0.494 e. The number of rotatable bonds is 5. The lowest BCUT2D eigenvalue weighted by atomic mass is 9.97. The smallest absolute Gasteiger partial charge is 0.226 e. The van der Waals surface area contributed by atoms with Gasteiger partial charge in [0.2, 0.25) is 5.91 Å². The summed E-state index contributed by atoms with van der Waals surface area (Å²) < 4.78 is 11.9. The molecule has 5 rings (SSSR count). The van der Waals surface area contributed by atoms with Crippen LogP contribution in [0.3, 0.4) is 0 Å². The van der Waals surface area contributed by atoms with Gasteiger partial charge in [-0.2, -0.15) is 0 Å². The maximum absolute atomic E-state index is 13.2. The minimum absolute atomic E-state index is 0.0913. The van der Waals surface area contributed by atoms with Crippen LogP contribution in [0.5, 0.6) is 11.5 Å². The third-order valence-corrected chi connectivity index (χ3v) is 7.18. The Morgan fingerprint density at radius 2 is 2.00 bits per heavy atom. The second-order valence-corrected chi connectivity index (χ2v) is 9.22. The maximum atomic E-state index is 13.2. The molecule has 1 saturated carbocycles. The lowest BCUT2D eigenvalue weighted by Gasteiger charge is -2.35. The van der Waals surface area contributed by atoms with Gasteiger partial charge in [0.1, 0.15) is 17.6 Å². The van der Waals surface area contributed by atoms with Crippen molar-refractivity contribution in [2.24, 2.45) is 5.92 Å². The molecule has 5 unspecified atom stereocenters. The van der Waals surface area contributed by atoms with Crippen molar-refractivity contribution in [3.05, 3.63) is 23.3 Å². The van der Waals surface area contributed by atoms with Crippen LogP contribution in [0, 0.1) is 5.92 Å². The Labute approximate surface area is 167 Å². The number of ether oxygens (including phenoxy) is 2. The van der Waals surface area contributed by atoms with Gasteiger partial charge in [-0.15, -0.1) is 0 Å². The number of benzene rings is 1. The number of carbonyl (C=O) groups excluding carboxylic acids is 1. The van der Waals surface area contributed by atoms with Gasteiger partial charge >= 0.3 is 0 Å². The normalized spacial score (nSPS) is 35.2. The van der Waals surface area contributed by atoms with Gasteiger partial charge in [0, 0.05) is 54.6 Å². The number of hydrogen-bond acceptors (Lipinski definition) is 4. The summed E-state index contributed by atoms with van der Waals surface area (Å²) in [5.41, 5.74) is 2.39. The summed E-state index contributed by atoms with van der Waals surface area (Å²) in [6.45, 7) is 4.76. The highest BCUT2D eigenvalue weighted by Gasteiger charge is 2.48. The summed E-state index contributed by atoms with van der Waals surface area (Å²) in [6, 6.07) is 5.89. The summed E-state index contributed by atoms with van der Waals surface area (Å²) in [5.74, 6) is 2.59. The fourth-order valence-corrected chi connectivity index (χ4v) is 5.62. The standard InChI is InChI=1S/C23H32N2O3/c1-4-27-22-8-14-7-13(2)28-21(14)12-19(22)18-11-20(18)23(26)25(3)17-9-15-5-6-16(10-17)24-15/h8,12-13,15-18,20,24H,4-7,9-11H2,1-3H3. The van der Waals surface area contributed by atoms with Crippen LogP contribution in [-0.4, -0.2) is 48.7 Å². The molecule has 1 aromatic carbocycles. The fourth-order valence-electron chi connectivity index (χ4n) is 5.62. The molecule has 3 fully saturated rings. The highest BCUT2D eigenvalue weighted by Crippen LogP contribution is 2.53. The van der Waals surface area contributed by atoms with E-state index in [-0.39, 0.29) is 17.9 Å². The van der Waals surface area contributed by atoms with Crippen molar-refractivity contribution in [3.63, 3.8) is 0 Å². The first kappa shape index (κ1) is 18.3. The van der Waals surface area contributed by atoms with Crippen LogP contribution < -0.4 is 14.8 Å². The number of piperidine rings is 1. The van der Waals surface area contributed by atoms with Gasteiger partial charge in [-0.3, -0.25) is 4.79 Å². The van der Waals surface area contributed by atoms with Gasteiger partial charge in [0.25, 0.3) is 0 Å². The monoisotopic (exact) mass is 384 g/mol. The van der Waals surface area contributed by atoms with E-state index in [1.807, 2.05) is 14.0 Å². The van der Waals surface area contributed by atoms with Crippen LogP contribution in [0.1, 0.15) is 63.0 Å². The van der Waals surface area contributed by atoms with Crippen LogP contribution in [0.4, 0.5) is 0 Å². The zero-order valence-corrected chi connectivity index (χ0v) is 17.2. The van der Waals surface area contributed by atoms with E-state index in [4.69, 9.17) is 9.47 Å². The average Bonchev–Trinajstić information content (AvgIpc) is 3.29. The molecule has 1 aliphatic carbocycles. The van der Waals surface area contributed by atoms with Gasteiger partial charge < -0.3 is 19.7 Å². The third-order valence-electron chi connectivity index (χ3n) is 7.18. The number of amides is 1. The van der Waals surface area contributed by atoms with Gasteiger partial charge in [-0.1, -0.05) is 0 Å². The van der Waals surface area contributed by atoms with Crippen molar-refractivity contribution >= 4 is 5.91 Å². The number of nitrogens with zero attached hydrogens (tertiary/aromatic N) is 1. The minimum atomic E-state index is 0.0913. The van der Waals surface area contributed by atoms with E-state index in [0.717, 1.165) is 42.7 Å². The number of carbonyl (C=O) groups is 1. The van der Waals surface area contributed by atoms with E-state index in [0.29, 0.717) is 30.6 Å². The highest BCUT2D eigenvalue weighted by molar-refractivity contribution is 5.83. The van der Waals surface area contributed by atoms with E-state index in [2.05, 4.69) is 29.3 Å². The van der Waals surface area contributed by atoms with Gasteiger partial charge in [0.15, 0.2) is 0 Å². The molecular weight excluding hydrogens is 352 g/mol. The van der Waals surface area contributed by atoms with Crippen molar-refractivity contribution in [2.45, 2.75) is 82.5 Å². The first-order chi connectivity index (χ1) is 13.5. The maximum Gasteiger partial charge on any atom is 0.226 e. The summed E-state index contributed by atoms with van der Waals surface area (Å²) in [7, 11) is 2.02. The Hall–Kier alpha value is -1.75. The Kier molecular flexibility index (Phi) is 4.53. The Morgan fingerprint density at radius 3 is 2.71 bits per heavy atom.